The van der Waals surface area contributed by atoms with Gasteiger partial charge >= 0.3 is 0 Å². The molecule has 0 spiro atoms. The second-order valence-corrected chi connectivity index (χ2v) is 6.16. The summed E-state index contributed by atoms with van der Waals surface area (Å²) in [5.41, 5.74) is -1.02. The molecule has 1 aromatic carbocycles. The Labute approximate surface area is 175 Å². The molecule has 2 aromatic rings. The van der Waals surface area contributed by atoms with E-state index in [1.54, 1.807) is 18.2 Å². The summed E-state index contributed by atoms with van der Waals surface area (Å²) in [4.78, 5) is 49.9. The highest BCUT2D eigenvalue weighted by Gasteiger charge is 2.19. The molecule has 0 saturated heterocycles. The van der Waals surface area contributed by atoms with Crippen molar-refractivity contribution in [3.8, 4) is 11.5 Å². The molecule has 0 saturated carbocycles. The molecular formula is C18H20N4O9. The number of ether oxygens (including phenoxy) is 2. The second kappa shape index (κ2) is 10.6. The van der Waals surface area contributed by atoms with Crippen LogP contribution in [-0.4, -0.2) is 47.9 Å². The molecule has 31 heavy (non-hydrogen) atoms. The minimum absolute atomic E-state index is 0.0233. The van der Waals surface area contributed by atoms with Gasteiger partial charge in [0.15, 0.2) is 11.5 Å². The van der Waals surface area contributed by atoms with E-state index in [-0.39, 0.29) is 26.1 Å². The Bertz CT molecular complexity index is 1040. The molecule has 0 radical (unpaired) electrons. The smallest absolute Gasteiger partial charge is 0.294 e. The molecule has 1 amide bonds. The average Bonchev–Trinajstić information content (AvgIpc) is 2.74. The highest BCUT2D eigenvalue weighted by atomic mass is 16.9. The van der Waals surface area contributed by atoms with Crippen LogP contribution in [0.5, 0.6) is 11.5 Å². The van der Waals surface area contributed by atoms with Crippen LogP contribution in [-0.2, 0) is 11.4 Å². The van der Waals surface area contributed by atoms with E-state index in [4.69, 9.17) is 9.47 Å². The van der Waals surface area contributed by atoms with E-state index in [2.05, 4.69) is 10.2 Å². The van der Waals surface area contributed by atoms with Crippen molar-refractivity contribution < 1.29 is 29.1 Å². The fourth-order valence-electron chi connectivity index (χ4n) is 2.68. The number of hydrogen-bond acceptors (Lipinski definition) is 9. The number of rotatable bonds is 11. The van der Waals surface area contributed by atoms with Gasteiger partial charge in [-0.15, -0.1) is 10.1 Å². The number of methoxy groups -OCH3 is 2. The average molecular weight is 436 g/mol. The van der Waals surface area contributed by atoms with Crippen molar-refractivity contribution in [1.29, 1.82) is 0 Å². The van der Waals surface area contributed by atoms with Gasteiger partial charge in [-0.3, -0.25) is 19.7 Å². The highest BCUT2D eigenvalue weighted by Crippen LogP contribution is 2.27. The van der Waals surface area contributed by atoms with Gasteiger partial charge in [0.05, 0.1) is 38.5 Å². The van der Waals surface area contributed by atoms with Crippen LogP contribution in [0, 0.1) is 20.2 Å². The number of hydrogen-bond donors (Lipinski definition) is 1. The molecule has 1 heterocycles. The zero-order valence-electron chi connectivity index (χ0n) is 16.7. The lowest BCUT2D eigenvalue weighted by Crippen LogP contribution is -2.34. The first-order chi connectivity index (χ1) is 14.8. The van der Waals surface area contributed by atoms with Crippen molar-refractivity contribution in [2.24, 2.45) is 0 Å². The predicted molar refractivity (Wildman–Crippen MR) is 106 cm³/mol. The third-order valence-corrected chi connectivity index (χ3v) is 4.13. The summed E-state index contributed by atoms with van der Waals surface area (Å²) in [7, 11) is 2.91. The van der Waals surface area contributed by atoms with E-state index in [0.29, 0.717) is 17.1 Å². The van der Waals surface area contributed by atoms with E-state index in [9.17, 15) is 29.8 Å². The van der Waals surface area contributed by atoms with Crippen LogP contribution in [0.1, 0.15) is 22.3 Å². The Balaban J connectivity index is 2.27. The predicted octanol–water partition coefficient (Wildman–Crippen LogP) is 1.15. The van der Waals surface area contributed by atoms with Crippen LogP contribution in [0.25, 0.3) is 0 Å². The van der Waals surface area contributed by atoms with Crippen LogP contribution in [0.15, 0.2) is 35.3 Å². The summed E-state index contributed by atoms with van der Waals surface area (Å²) in [6, 6.07) is 5.77. The topological polar surface area (TPSA) is 165 Å². The van der Waals surface area contributed by atoms with Gasteiger partial charge in [0, 0.05) is 12.6 Å². The molecule has 1 N–H and O–H groups in total. The van der Waals surface area contributed by atoms with Crippen molar-refractivity contribution in [2.45, 2.75) is 13.0 Å². The molecule has 0 unspecified atom stereocenters. The third kappa shape index (κ3) is 6.16. The maximum absolute atomic E-state index is 12.8. The number of nitrogens with one attached hydrogen (secondary N) is 1. The largest absolute Gasteiger partial charge is 0.493 e. The molecule has 13 nitrogen and oxygen atoms in total. The molecule has 13 heteroatoms. The fraction of sp³-hybridized carbons (Fsp3) is 0.333. The van der Waals surface area contributed by atoms with Crippen LogP contribution in [0.2, 0.25) is 0 Å². The summed E-state index contributed by atoms with van der Waals surface area (Å²) < 4.78 is 11.4. The lowest BCUT2D eigenvalue weighted by molar-refractivity contribution is -0.757. The quantitative estimate of drug-likeness (QED) is 0.309. The van der Waals surface area contributed by atoms with Crippen molar-refractivity contribution in [2.75, 3.05) is 27.4 Å². The summed E-state index contributed by atoms with van der Waals surface area (Å²) >= 11 is 0. The minimum atomic E-state index is -0.963. The van der Waals surface area contributed by atoms with E-state index in [1.807, 2.05) is 0 Å². The number of benzene rings is 1. The van der Waals surface area contributed by atoms with E-state index in [0.717, 1.165) is 16.8 Å². The number of pyridine rings is 1. The van der Waals surface area contributed by atoms with Crippen molar-refractivity contribution in [3.05, 3.63) is 72.2 Å². The fourth-order valence-corrected chi connectivity index (χ4v) is 2.68. The van der Waals surface area contributed by atoms with Crippen LogP contribution >= 0.6 is 0 Å². The maximum Gasteiger partial charge on any atom is 0.294 e. The maximum atomic E-state index is 12.8. The second-order valence-electron chi connectivity index (χ2n) is 6.16. The molecule has 0 fully saturated rings. The normalized spacial score (nSPS) is 10.3. The Morgan fingerprint density at radius 2 is 1.84 bits per heavy atom. The van der Waals surface area contributed by atoms with Gasteiger partial charge in [-0.1, -0.05) is 6.07 Å². The monoisotopic (exact) mass is 436 g/mol. The molecule has 0 aliphatic heterocycles. The van der Waals surface area contributed by atoms with Crippen LogP contribution in [0.3, 0.4) is 0 Å². The van der Waals surface area contributed by atoms with Gasteiger partial charge in [0.25, 0.3) is 22.2 Å². The Morgan fingerprint density at radius 3 is 2.45 bits per heavy atom. The molecule has 1 aromatic heterocycles. The summed E-state index contributed by atoms with van der Waals surface area (Å²) in [6.07, 6.45) is 1.15. The number of aromatic nitrogens is 1. The van der Waals surface area contributed by atoms with E-state index >= 15 is 0 Å². The van der Waals surface area contributed by atoms with E-state index < -0.39 is 32.7 Å². The first kappa shape index (κ1) is 23.1. The lowest BCUT2D eigenvalue weighted by atomic mass is 10.1. The summed E-state index contributed by atoms with van der Waals surface area (Å²) in [5.74, 6) is 0.0445. The Morgan fingerprint density at radius 1 is 1.13 bits per heavy atom. The summed E-state index contributed by atoms with van der Waals surface area (Å²) in [6.45, 7) is -0.325. The van der Waals surface area contributed by atoms with Crippen molar-refractivity contribution >= 4 is 11.6 Å². The molecule has 2 rings (SSSR count). The molecule has 0 atom stereocenters. The number of amides is 1. The number of carbonyl (C=O) groups is 1. The first-order valence-corrected chi connectivity index (χ1v) is 8.92. The van der Waals surface area contributed by atoms with Gasteiger partial charge in [0.2, 0.25) is 0 Å². The zero-order valence-corrected chi connectivity index (χ0v) is 16.7. The van der Waals surface area contributed by atoms with Crippen molar-refractivity contribution in [3.63, 3.8) is 0 Å². The Kier molecular flexibility index (Phi) is 7.88. The SMILES string of the molecule is COc1ccc(Cn2cc([N+](=O)[O-])cc(C(=O)NCCCO[N+](=O)[O-])c2=O)cc1OC. The molecule has 0 aliphatic carbocycles. The van der Waals surface area contributed by atoms with Gasteiger partial charge in [-0.2, -0.15) is 0 Å². The highest BCUT2D eigenvalue weighted by molar-refractivity contribution is 5.94. The van der Waals surface area contributed by atoms with Gasteiger partial charge in [-0.05, 0) is 24.1 Å². The number of nitro groups is 1. The zero-order chi connectivity index (χ0) is 23.0. The van der Waals surface area contributed by atoms with Gasteiger partial charge < -0.3 is 24.2 Å². The van der Waals surface area contributed by atoms with Gasteiger partial charge in [-0.25, -0.2) is 0 Å². The van der Waals surface area contributed by atoms with Crippen molar-refractivity contribution in [1.82, 2.24) is 9.88 Å². The van der Waals surface area contributed by atoms with Gasteiger partial charge in [0.1, 0.15) is 5.56 Å². The number of carbonyl (C=O) groups excluding carboxylic acids is 1. The molecular weight excluding hydrogens is 416 g/mol. The molecule has 166 valence electrons. The lowest BCUT2D eigenvalue weighted by Gasteiger charge is -2.12. The standard InChI is InChI=1S/C18H20N4O9/c1-29-15-5-4-12(8-16(15)30-2)10-20-11-13(21(25)26)9-14(18(20)24)17(23)19-6-3-7-31-22(27)28/h4-5,8-9,11H,3,6-7,10H2,1-2H3,(H,19,23). The third-order valence-electron chi connectivity index (χ3n) is 4.13. The van der Waals surface area contributed by atoms with Crippen LogP contribution in [0.4, 0.5) is 5.69 Å². The van der Waals surface area contributed by atoms with E-state index in [1.165, 1.54) is 14.2 Å². The number of nitrogens with zero attached hydrogens (tertiary/aromatic N) is 3. The molecule has 0 bridgehead atoms. The van der Waals surface area contributed by atoms with Crippen LogP contribution < -0.4 is 20.3 Å². The Hall–Kier alpha value is -4.16. The first-order valence-electron chi connectivity index (χ1n) is 8.92. The minimum Gasteiger partial charge on any atom is -0.493 e. The summed E-state index contributed by atoms with van der Waals surface area (Å²) in [5, 5.41) is 22.8. The molecule has 0 aliphatic rings.